The van der Waals surface area contributed by atoms with Crippen LogP contribution in [0, 0.1) is 11.6 Å². The summed E-state index contributed by atoms with van der Waals surface area (Å²) in [6.45, 7) is 1.18. The molecule has 112 valence electrons. The Bertz CT molecular complexity index is 639. The van der Waals surface area contributed by atoms with E-state index in [-0.39, 0.29) is 17.4 Å². The number of nitrogens with two attached hydrogens (primary N) is 1. The zero-order chi connectivity index (χ0) is 14.8. The summed E-state index contributed by atoms with van der Waals surface area (Å²) in [4.78, 5) is 0. The van der Waals surface area contributed by atoms with Crippen LogP contribution in [0.5, 0.6) is 0 Å². The SMILES string of the molecule is Nc1cc(F)c(F)cc1-c1nnnn1CC1CCCCO1. The molecule has 2 aromatic rings. The van der Waals surface area contributed by atoms with E-state index in [9.17, 15) is 8.78 Å². The number of tetrazole rings is 1. The molecule has 6 nitrogen and oxygen atoms in total. The summed E-state index contributed by atoms with van der Waals surface area (Å²) in [5, 5.41) is 11.3. The maximum atomic E-state index is 13.4. The molecule has 2 heterocycles. The Labute approximate surface area is 119 Å². The van der Waals surface area contributed by atoms with E-state index in [1.807, 2.05) is 0 Å². The van der Waals surface area contributed by atoms with Crippen LogP contribution in [-0.4, -0.2) is 32.9 Å². The molecule has 1 unspecified atom stereocenters. The lowest BCUT2D eigenvalue weighted by Crippen LogP contribution is -2.25. The first-order chi connectivity index (χ1) is 10.1. The monoisotopic (exact) mass is 295 g/mol. The van der Waals surface area contributed by atoms with Gasteiger partial charge >= 0.3 is 0 Å². The van der Waals surface area contributed by atoms with Crippen LogP contribution in [0.4, 0.5) is 14.5 Å². The van der Waals surface area contributed by atoms with Crippen molar-refractivity contribution in [1.82, 2.24) is 20.2 Å². The maximum Gasteiger partial charge on any atom is 0.184 e. The molecule has 3 rings (SSSR count). The van der Waals surface area contributed by atoms with Crippen LogP contribution in [0.2, 0.25) is 0 Å². The first-order valence-corrected chi connectivity index (χ1v) is 6.78. The number of nitrogen functional groups attached to an aromatic ring is 1. The van der Waals surface area contributed by atoms with Crippen molar-refractivity contribution in [1.29, 1.82) is 0 Å². The number of benzene rings is 1. The van der Waals surface area contributed by atoms with Crippen molar-refractivity contribution in [3.05, 3.63) is 23.8 Å². The summed E-state index contributed by atoms with van der Waals surface area (Å²) >= 11 is 0. The Balaban J connectivity index is 1.89. The number of nitrogens with zero attached hydrogens (tertiary/aromatic N) is 4. The third-order valence-electron chi connectivity index (χ3n) is 3.52. The van der Waals surface area contributed by atoms with Crippen LogP contribution in [0.1, 0.15) is 19.3 Å². The fourth-order valence-electron chi connectivity index (χ4n) is 2.42. The van der Waals surface area contributed by atoms with Gasteiger partial charge in [0.25, 0.3) is 0 Å². The topological polar surface area (TPSA) is 78.9 Å². The molecule has 1 fully saturated rings. The summed E-state index contributed by atoms with van der Waals surface area (Å²) in [6, 6.07) is 1.94. The van der Waals surface area contributed by atoms with Gasteiger partial charge in [-0.15, -0.1) is 5.10 Å². The maximum absolute atomic E-state index is 13.4. The van der Waals surface area contributed by atoms with Gasteiger partial charge in [-0.25, -0.2) is 13.5 Å². The summed E-state index contributed by atoms with van der Waals surface area (Å²) in [5.74, 6) is -1.67. The fourth-order valence-corrected chi connectivity index (χ4v) is 2.42. The van der Waals surface area contributed by atoms with Crippen LogP contribution >= 0.6 is 0 Å². The van der Waals surface area contributed by atoms with Crippen molar-refractivity contribution in [3.8, 4) is 11.4 Å². The van der Waals surface area contributed by atoms with Gasteiger partial charge < -0.3 is 10.5 Å². The lowest BCUT2D eigenvalue weighted by atomic mass is 10.1. The first kappa shape index (κ1) is 13.9. The van der Waals surface area contributed by atoms with Crippen molar-refractivity contribution in [2.75, 3.05) is 12.3 Å². The predicted octanol–water partition coefficient (Wildman–Crippen LogP) is 1.77. The second-order valence-electron chi connectivity index (χ2n) is 5.03. The molecule has 21 heavy (non-hydrogen) atoms. The van der Waals surface area contributed by atoms with Crippen molar-refractivity contribution >= 4 is 5.69 Å². The highest BCUT2D eigenvalue weighted by molar-refractivity contribution is 5.71. The molecule has 2 N–H and O–H groups in total. The molecule has 8 heteroatoms. The van der Waals surface area contributed by atoms with E-state index in [1.165, 1.54) is 4.68 Å². The van der Waals surface area contributed by atoms with E-state index in [1.54, 1.807) is 0 Å². The van der Waals surface area contributed by atoms with E-state index < -0.39 is 11.6 Å². The summed E-state index contributed by atoms with van der Waals surface area (Å²) < 4.78 is 33.7. The zero-order valence-electron chi connectivity index (χ0n) is 11.3. The average Bonchev–Trinajstić information content (AvgIpc) is 2.92. The summed E-state index contributed by atoms with van der Waals surface area (Å²) in [6.07, 6.45) is 3.09. The van der Waals surface area contributed by atoms with E-state index in [2.05, 4.69) is 15.5 Å². The van der Waals surface area contributed by atoms with Gasteiger partial charge in [-0.3, -0.25) is 0 Å². The lowest BCUT2D eigenvalue weighted by Gasteiger charge is -2.22. The van der Waals surface area contributed by atoms with Crippen LogP contribution in [0.15, 0.2) is 12.1 Å². The molecule has 0 saturated carbocycles. The smallest absolute Gasteiger partial charge is 0.184 e. The molecular weight excluding hydrogens is 280 g/mol. The van der Waals surface area contributed by atoms with E-state index >= 15 is 0 Å². The molecular formula is C13H15F2N5O. The van der Waals surface area contributed by atoms with Gasteiger partial charge in [0.2, 0.25) is 0 Å². The highest BCUT2D eigenvalue weighted by atomic mass is 19.2. The van der Waals surface area contributed by atoms with Crippen molar-refractivity contribution in [2.24, 2.45) is 0 Å². The van der Waals surface area contributed by atoms with E-state index in [0.717, 1.165) is 38.0 Å². The Morgan fingerprint density at radius 2 is 2.10 bits per heavy atom. The third kappa shape index (κ3) is 2.85. The number of hydrogen-bond donors (Lipinski definition) is 1. The number of halogens is 2. The molecule has 0 aliphatic carbocycles. The Hall–Kier alpha value is -2.09. The van der Waals surface area contributed by atoms with E-state index in [0.29, 0.717) is 12.4 Å². The van der Waals surface area contributed by atoms with Crippen LogP contribution in [-0.2, 0) is 11.3 Å². The molecule has 0 bridgehead atoms. The van der Waals surface area contributed by atoms with Crippen molar-refractivity contribution in [3.63, 3.8) is 0 Å². The molecule has 0 radical (unpaired) electrons. The molecule has 1 aliphatic rings. The van der Waals surface area contributed by atoms with Crippen LogP contribution in [0.25, 0.3) is 11.4 Å². The summed E-state index contributed by atoms with van der Waals surface area (Å²) in [7, 11) is 0. The van der Waals surface area contributed by atoms with Gasteiger partial charge in [0, 0.05) is 23.9 Å². The minimum atomic E-state index is -0.995. The second-order valence-corrected chi connectivity index (χ2v) is 5.03. The van der Waals surface area contributed by atoms with Crippen LogP contribution < -0.4 is 5.73 Å². The number of rotatable bonds is 3. The number of aromatic nitrogens is 4. The quantitative estimate of drug-likeness (QED) is 0.873. The van der Waals surface area contributed by atoms with Gasteiger partial charge in [-0.05, 0) is 35.8 Å². The zero-order valence-corrected chi connectivity index (χ0v) is 11.3. The minimum absolute atomic E-state index is 0.0209. The second kappa shape index (κ2) is 5.72. The van der Waals surface area contributed by atoms with Gasteiger partial charge in [-0.1, -0.05) is 0 Å². The van der Waals surface area contributed by atoms with Crippen LogP contribution in [0.3, 0.4) is 0 Å². The Morgan fingerprint density at radius 1 is 1.29 bits per heavy atom. The highest BCUT2D eigenvalue weighted by Gasteiger charge is 2.20. The molecule has 1 aromatic carbocycles. The number of anilines is 1. The third-order valence-corrected chi connectivity index (χ3v) is 3.52. The van der Waals surface area contributed by atoms with Gasteiger partial charge in [0.05, 0.1) is 12.6 Å². The lowest BCUT2D eigenvalue weighted by molar-refractivity contribution is 0.00397. The first-order valence-electron chi connectivity index (χ1n) is 6.78. The predicted molar refractivity (Wildman–Crippen MR) is 71.2 cm³/mol. The number of hydrogen-bond acceptors (Lipinski definition) is 5. The average molecular weight is 295 g/mol. The fraction of sp³-hybridized carbons (Fsp3) is 0.462. The van der Waals surface area contributed by atoms with E-state index in [4.69, 9.17) is 10.5 Å². The summed E-state index contributed by atoms with van der Waals surface area (Å²) in [5.41, 5.74) is 6.10. The number of ether oxygens (including phenoxy) is 1. The van der Waals surface area contributed by atoms with Crippen molar-refractivity contribution in [2.45, 2.75) is 31.9 Å². The largest absolute Gasteiger partial charge is 0.398 e. The Morgan fingerprint density at radius 3 is 2.86 bits per heavy atom. The van der Waals surface area contributed by atoms with Gasteiger partial charge in [-0.2, -0.15) is 0 Å². The standard InChI is InChI=1S/C13H15F2N5O/c14-10-5-9(12(16)6-11(10)15)13-17-18-19-20(13)7-8-3-1-2-4-21-8/h5-6,8H,1-4,7,16H2. The minimum Gasteiger partial charge on any atom is -0.398 e. The molecule has 1 aromatic heterocycles. The molecule has 1 atom stereocenters. The van der Waals surface area contributed by atoms with Gasteiger partial charge in [0.1, 0.15) is 0 Å². The van der Waals surface area contributed by atoms with Crippen molar-refractivity contribution < 1.29 is 13.5 Å². The molecule has 0 amide bonds. The highest BCUT2D eigenvalue weighted by Crippen LogP contribution is 2.26. The normalized spacial score (nSPS) is 18.9. The molecule has 1 saturated heterocycles. The molecule has 1 aliphatic heterocycles. The Kier molecular flexibility index (Phi) is 3.78. The molecule has 0 spiro atoms. The van der Waals surface area contributed by atoms with Gasteiger partial charge in [0.15, 0.2) is 17.5 Å².